The van der Waals surface area contributed by atoms with Crippen LogP contribution in [0.5, 0.6) is 0 Å². The van der Waals surface area contributed by atoms with Gasteiger partial charge in [-0.2, -0.15) is 0 Å². The van der Waals surface area contributed by atoms with Crippen molar-refractivity contribution in [3.05, 3.63) is 0 Å². The first-order valence-corrected chi connectivity index (χ1v) is 7.45. The molecule has 0 aliphatic carbocycles. The lowest BCUT2D eigenvalue weighted by molar-refractivity contribution is 0.523. The minimum Gasteiger partial charge on any atom is -0.0938 e. The highest BCUT2D eigenvalue weighted by Crippen LogP contribution is 2.39. The van der Waals surface area contributed by atoms with Crippen LogP contribution in [0.3, 0.4) is 0 Å². The van der Waals surface area contributed by atoms with Crippen molar-refractivity contribution in [3.8, 4) is 0 Å². The fraction of sp³-hybridized carbons (Fsp3) is 1.00. The summed E-state index contributed by atoms with van der Waals surface area (Å²) in [6, 6.07) is 0. The summed E-state index contributed by atoms with van der Waals surface area (Å²) in [5, 5.41) is 0.988. The van der Waals surface area contributed by atoms with Gasteiger partial charge >= 0.3 is 0 Å². The summed E-state index contributed by atoms with van der Waals surface area (Å²) < 4.78 is 0. The molecule has 0 aromatic carbocycles. The topological polar surface area (TPSA) is 0 Å². The number of hydrogen-bond acceptors (Lipinski definition) is 2. The predicted octanol–water partition coefficient (Wildman–Crippen LogP) is 4.36. The molecule has 1 saturated heterocycles. The number of hydrogen-bond donors (Lipinski definition) is 0. The van der Waals surface area contributed by atoms with E-state index in [1.54, 1.807) is 0 Å². The maximum absolute atomic E-state index is 2.32. The molecule has 0 N–H and O–H groups in total. The fourth-order valence-corrected chi connectivity index (χ4v) is 4.52. The van der Waals surface area contributed by atoms with Gasteiger partial charge in [-0.3, -0.25) is 0 Å². The second-order valence-electron chi connectivity index (χ2n) is 4.01. The van der Waals surface area contributed by atoms with Gasteiger partial charge < -0.3 is 0 Å². The van der Waals surface area contributed by atoms with Crippen molar-refractivity contribution in [2.45, 2.75) is 51.2 Å². The Hall–Kier alpha value is 0.700. The molecule has 1 rings (SSSR count). The van der Waals surface area contributed by atoms with Gasteiger partial charge in [-0.25, -0.2) is 0 Å². The molecule has 1 fully saturated rings. The van der Waals surface area contributed by atoms with Gasteiger partial charge in [-0.05, 0) is 18.8 Å². The van der Waals surface area contributed by atoms with Crippen LogP contribution in [0, 0.1) is 5.92 Å². The molecule has 1 aliphatic rings. The molecule has 72 valence electrons. The third-order valence-corrected chi connectivity index (χ3v) is 5.29. The monoisotopic (exact) mass is 204 g/mol. The lowest BCUT2D eigenvalue weighted by atomic mass is 10.0. The van der Waals surface area contributed by atoms with Crippen LogP contribution in [-0.4, -0.2) is 11.0 Å². The molecule has 1 heterocycles. The molecule has 2 heteroatoms. The zero-order valence-electron chi connectivity index (χ0n) is 8.21. The van der Waals surface area contributed by atoms with E-state index in [9.17, 15) is 0 Å². The first-order valence-electron chi connectivity index (χ1n) is 5.07. The summed E-state index contributed by atoms with van der Waals surface area (Å²) in [6.45, 7) is 4.64. The Bertz CT molecular complexity index is 106. The van der Waals surface area contributed by atoms with Gasteiger partial charge in [0.15, 0.2) is 0 Å². The van der Waals surface area contributed by atoms with E-state index < -0.39 is 0 Å². The van der Waals surface area contributed by atoms with Gasteiger partial charge in [0.2, 0.25) is 0 Å². The van der Waals surface area contributed by atoms with E-state index in [4.69, 9.17) is 0 Å². The zero-order chi connectivity index (χ0) is 8.81. The van der Waals surface area contributed by atoms with Gasteiger partial charge in [-0.15, -0.1) is 0 Å². The zero-order valence-corrected chi connectivity index (χ0v) is 9.85. The van der Waals surface area contributed by atoms with Crippen LogP contribution in [0.2, 0.25) is 0 Å². The minimum atomic E-state index is 0.899. The van der Waals surface area contributed by atoms with Crippen molar-refractivity contribution < 1.29 is 0 Å². The first kappa shape index (κ1) is 10.8. The van der Waals surface area contributed by atoms with Gasteiger partial charge in [0.1, 0.15) is 0 Å². The van der Waals surface area contributed by atoms with E-state index in [1.807, 2.05) is 0 Å². The fourth-order valence-electron chi connectivity index (χ4n) is 1.49. The van der Waals surface area contributed by atoms with Gasteiger partial charge in [0, 0.05) is 11.0 Å². The van der Waals surface area contributed by atoms with Crippen LogP contribution >= 0.6 is 21.6 Å². The molecule has 0 aromatic heterocycles. The molecule has 0 radical (unpaired) electrons. The van der Waals surface area contributed by atoms with E-state index in [0.29, 0.717) is 0 Å². The van der Waals surface area contributed by atoms with Crippen molar-refractivity contribution in [1.29, 1.82) is 0 Å². The third kappa shape index (κ3) is 4.66. The molecule has 1 atom stereocenters. The Labute approximate surface area is 84.7 Å². The quantitative estimate of drug-likeness (QED) is 0.482. The van der Waals surface area contributed by atoms with Crippen molar-refractivity contribution in [2.75, 3.05) is 5.75 Å². The summed E-state index contributed by atoms with van der Waals surface area (Å²) in [6.07, 6.45) is 7.24. The smallest absolute Gasteiger partial charge is 0.0159 e. The maximum Gasteiger partial charge on any atom is 0.0159 e. The summed E-state index contributed by atoms with van der Waals surface area (Å²) in [7, 11) is 4.18. The Kier molecular flexibility index (Phi) is 5.57. The van der Waals surface area contributed by atoms with E-state index in [2.05, 4.69) is 35.4 Å². The lowest BCUT2D eigenvalue weighted by Gasteiger charge is -2.07. The molecule has 0 bridgehead atoms. The lowest BCUT2D eigenvalue weighted by Crippen LogP contribution is -1.97. The highest BCUT2D eigenvalue weighted by atomic mass is 33.1. The molecule has 0 spiro atoms. The SMILES string of the molecule is CC(C)CCCC[C@@H]1CCSS1. The van der Waals surface area contributed by atoms with Crippen molar-refractivity contribution >= 4 is 21.6 Å². The minimum absolute atomic E-state index is 0.899. The first-order chi connectivity index (χ1) is 5.79. The van der Waals surface area contributed by atoms with Gasteiger partial charge in [-0.1, -0.05) is 54.7 Å². The largest absolute Gasteiger partial charge is 0.0938 e. The molecule has 12 heavy (non-hydrogen) atoms. The van der Waals surface area contributed by atoms with Crippen LogP contribution in [0.15, 0.2) is 0 Å². The Morgan fingerprint density at radius 3 is 2.75 bits per heavy atom. The molecule has 0 saturated carbocycles. The van der Waals surface area contributed by atoms with Crippen LogP contribution in [-0.2, 0) is 0 Å². The second kappa shape index (κ2) is 6.20. The molecular weight excluding hydrogens is 184 g/mol. The predicted molar refractivity (Wildman–Crippen MR) is 61.8 cm³/mol. The van der Waals surface area contributed by atoms with Crippen LogP contribution < -0.4 is 0 Å². The average molecular weight is 204 g/mol. The summed E-state index contributed by atoms with van der Waals surface area (Å²) in [4.78, 5) is 0. The summed E-state index contributed by atoms with van der Waals surface area (Å²) in [5.41, 5.74) is 0. The summed E-state index contributed by atoms with van der Waals surface area (Å²) in [5.74, 6) is 2.29. The normalized spacial score (nSPS) is 23.8. The molecule has 0 nitrogen and oxygen atoms in total. The number of unbranched alkanes of at least 4 members (excludes halogenated alkanes) is 1. The Balaban J connectivity index is 1.88. The molecule has 0 amide bonds. The maximum atomic E-state index is 2.32. The highest BCUT2D eigenvalue weighted by molar-refractivity contribution is 8.77. The van der Waals surface area contributed by atoms with Gasteiger partial charge in [0.25, 0.3) is 0 Å². The van der Waals surface area contributed by atoms with E-state index >= 15 is 0 Å². The second-order valence-corrected chi connectivity index (χ2v) is 6.79. The van der Waals surface area contributed by atoms with Crippen molar-refractivity contribution in [1.82, 2.24) is 0 Å². The third-order valence-electron chi connectivity index (χ3n) is 2.28. The standard InChI is InChI=1S/C10H20S2/c1-9(2)5-3-4-6-10-7-8-11-12-10/h9-10H,3-8H2,1-2H3/t10-/m1/s1. The van der Waals surface area contributed by atoms with E-state index in [-0.39, 0.29) is 0 Å². The van der Waals surface area contributed by atoms with Crippen molar-refractivity contribution in [3.63, 3.8) is 0 Å². The molecular formula is C10H20S2. The van der Waals surface area contributed by atoms with Gasteiger partial charge in [0.05, 0.1) is 0 Å². The van der Waals surface area contributed by atoms with Crippen LogP contribution in [0.4, 0.5) is 0 Å². The summed E-state index contributed by atoms with van der Waals surface area (Å²) >= 11 is 0. The molecule has 1 aliphatic heterocycles. The molecule has 0 unspecified atom stereocenters. The Morgan fingerprint density at radius 1 is 1.33 bits per heavy atom. The average Bonchev–Trinajstić information content (AvgIpc) is 2.49. The van der Waals surface area contributed by atoms with Crippen LogP contribution in [0.25, 0.3) is 0 Å². The van der Waals surface area contributed by atoms with E-state index in [0.717, 1.165) is 11.2 Å². The number of rotatable bonds is 5. The van der Waals surface area contributed by atoms with E-state index in [1.165, 1.54) is 37.9 Å². The van der Waals surface area contributed by atoms with Crippen LogP contribution in [0.1, 0.15) is 46.0 Å². The highest BCUT2D eigenvalue weighted by Gasteiger charge is 2.15. The Morgan fingerprint density at radius 2 is 2.17 bits per heavy atom. The molecule has 0 aromatic rings. The van der Waals surface area contributed by atoms with Crippen molar-refractivity contribution in [2.24, 2.45) is 5.92 Å².